The van der Waals surface area contributed by atoms with Gasteiger partial charge in [-0.25, -0.2) is 17.9 Å². The number of fused-ring (bicyclic) bond motifs is 1. The van der Waals surface area contributed by atoms with Gasteiger partial charge in [0.1, 0.15) is 0 Å². The first-order valence-corrected chi connectivity index (χ1v) is 9.59. The Morgan fingerprint density at radius 1 is 1.24 bits per heavy atom. The molecule has 2 aromatic rings. The zero-order chi connectivity index (χ0) is 18.0. The van der Waals surface area contributed by atoms with Gasteiger partial charge in [-0.1, -0.05) is 25.1 Å². The minimum atomic E-state index is -3.50. The number of sulfonamides is 1. The molecule has 1 aliphatic rings. The van der Waals surface area contributed by atoms with Gasteiger partial charge in [0.25, 0.3) is 0 Å². The molecule has 0 aliphatic carbocycles. The number of nitrogens with zero attached hydrogens (tertiary/aromatic N) is 1. The Bertz CT molecular complexity index is 909. The molecule has 0 saturated heterocycles. The van der Waals surface area contributed by atoms with Gasteiger partial charge in [0.2, 0.25) is 10.0 Å². The minimum absolute atomic E-state index is 0.249. The number of carbonyl (C=O) groups is 1. The van der Waals surface area contributed by atoms with Gasteiger partial charge in [-0.3, -0.25) is 0 Å². The molecule has 3 rings (SSSR count). The predicted molar refractivity (Wildman–Crippen MR) is 95.5 cm³/mol. The molecule has 6 nitrogen and oxygen atoms in total. The van der Waals surface area contributed by atoms with E-state index in [4.69, 9.17) is 5.11 Å². The van der Waals surface area contributed by atoms with Crippen LogP contribution in [0.3, 0.4) is 0 Å². The van der Waals surface area contributed by atoms with Crippen LogP contribution in [0, 0.1) is 0 Å². The number of hydrogen-bond donors (Lipinski definition) is 2. The minimum Gasteiger partial charge on any atom is -0.478 e. The molecule has 0 spiro atoms. The van der Waals surface area contributed by atoms with Gasteiger partial charge < -0.3 is 10.0 Å². The lowest BCUT2D eigenvalue weighted by molar-refractivity contribution is 0.0696. The zero-order valence-corrected chi connectivity index (χ0v) is 14.7. The van der Waals surface area contributed by atoms with Crippen molar-refractivity contribution < 1.29 is 18.3 Å². The van der Waals surface area contributed by atoms with E-state index in [1.54, 1.807) is 37.3 Å². The SMILES string of the molecule is CCNS(=O)(=O)c1ccc2c(c1)N(Cc1cccc(C(=O)O)c1)CC2. The van der Waals surface area contributed by atoms with Crippen LogP contribution in [0.2, 0.25) is 0 Å². The maximum atomic E-state index is 12.2. The lowest BCUT2D eigenvalue weighted by Gasteiger charge is -2.20. The smallest absolute Gasteiger partial charge is 0.335 e. The largest absolute Gasteiger partial charge is 0.478 e. The lowest BCUT2D eigenvalue weighted by atomic mass is 10.1. The van der Waals surface area contributed by atoms with E-state index in [-0.39, 0.29) is 10.5 Å². The number of anilines is 1. The second-order valence-electron chi connectivity index (χ2n) is 5.97. The van der Waals surface area contributed by atoms with Crippen molar-refractivity contribution in [3.63, 3.8) is 0 Å². The Hall–Kier alpha value is -2.38. The second kappa shape index (κ2) is 6.85. The third-order valence-corrected chi connectivity index (χ3v) is 5.78. The van der Waals surface area contributed by atoms with E-state index in [9.17, 15) is 13.2 Å². The van der Waals surface area contributed by atoms with E-state index in [0.717, 1.165) is 29.8 Å². The molecular weight excluding hydrogens is 340 g/mol. The van der Waals surface area contributed by atoms with Crippen molar-refractivity contribution in [3.8, 4) is 0 Å². The number of carboxylic acids is 1. The first kappa shape index (κ1) is 17.4. The van der Waals surface area contributed by atoms with E-state index in [0.29, 0.717) is 13.1 Å². The van der Waals surface area contributed by atoms with Crippen LogP contribution in [-0.2, 0) is 23.0 Å². The number of nitrogens with one attached hydrogen (secondary N) is 1. The lowest BCUT2D eigenvalue weighted by Crippen LogP contribution is -2.24. The number of aromatic carboxylic acids is 1. The topological polar surface area (TPSA) is 86.7 Å². The number of benzene rings is 2. The van der Waals surface area contributed by atoms with Crippen molar-refractivity contribution in [2.24, 2.45) is 0 Å². The standard InChI is InChI=1S/C18H20N2O4S/c1-2-19-25(23,24)16-7-6-14-8-9-20(17(14)11-16)12-13-4-3-5-15(10-13)18(21)22/h3-7,10-11,19H,2,8-9,12H2,1H3,(H,21,22). The number of hydrogen-bond acceptors (Lipinski definition) is 4. The maximum absolute atomic E-state index is 12.2. The van der Waals surface area contributed by atoms with Gasteiger partial charge >= 0.3 is 5.97 Å². The molecule has 0 fully saturated rings. The molecule has 0 saturated carbocycles. The third-order valence-electron chi connectivity index (χ3n) is 4.24. The van der Waals surface area contributed by atoms with E-state index >= 15 is 0 Å². The number of rotatable bonds is 6. The Kier molecular flexibility index (Phi) is 4.78. The van der Waals surface area contributed by atoms with Gasteiger partial charge in [0.05, 0.1) is 10.5 Å². The summed E-state index contributed by atoms with van der Waals surface area (Å²) < 4.78 is 26.9. The first-order valence-electron chi connectivity index (χ1n) is 8.10. The summed E-state index contributed by atoms with van der Waals surface area (Å²) in [6.45, 7) is 3.40. The molecule has 0 amide bonds. The van der Waals surface area contributed by atoms with Crippen LogP contribution in [0.1, 0.15) is 28.4 Å². The van der Waals surface area contributed by atoms with Crippen molar-refractivity contribution in [2.75, 3.05) is 18.0 Å². The quantitative estimate of drug-likeness (QED) is 0.825. The van der Waals surface area contributed by atoms with E-state index in [1.807, 2.05) is 12.1 Å². The Morgan fingerprint density at radius 2 is 2.04 bits per heavy atom. The van der Waals surface area contributed by atoms with E-state index < -0.39 is 16.0 Å². The molecule has 0 unspecified atom stereocenters. The van der Waals surface area contributed by atoms with Crippen LogP contribution >= 0.6 is 0 Å². The molecule has 1 heterocycles. The summed E-state index contributed by atoms with van der Waals surface area (Å²) >= 11 is 0. The third kappa shape index (κ3) is 3.67. The van der Waals surface area contributed by atoms with Crippen molar-refractivity contribution in [3.05, 3.63) is 59.2 Å². The summed E-state index contributed by atoms with van der Waals surface area (Å²) in [4.78, 5) is 13.5. The van der Waals surface area contributed by atoms with Crippen molar-refractivity contribution >= 4 is 21.7 Å². The molecule has 7 heteroatoms. The van der Waals surface area contributed by atoms with Crippen LogP contribution in [0.15, 0.2) is 47.4 Å². The van der Waals surface area contributed by atoms with Crippen LogP contribution in [0.5, 0.6) is 0 Å². The fraction of sp³-hybridized carbons (Fsp3) is 0.278. The van der Waals surface area contributed by atoms with Crippen molar-refractivity contribution in [2.45, 2.75) is 24.8 Å². The van der Waals surface area contributed by atoms with Crippen LogP contribution < -0.4 is 9.62 Å². The normalized spacial score (nSPS) is 13.7. The summed E-state index contributed by atoms with van der Waals surface area (Å²) in [5.74, 6) is -0.956. The summed E-state index contributed by atoms with van der Waals surface area (Å²) in [5, 5.41) is 9.12. The molecular formula is C18H20N2O4S. The first-order chi connectivity index (χ1) is 11.9. The summed E-state index contributed by atoms with van der Waals surface area (Å²) in [7, 11) is -3.50. The van der Waals surface area contributed by atoms with E-state index in [2.05, 4.69) is 9.62 Å². The second-order valence-corrected chi connectivity index (χ2v) is 7.74. The molecule has 132 valence electrons. The Balaban J connectivity index is 1.88. The predicted octanol–water partition coefficient (Wildman–Crippen LogP) is 2.25. The fourth-order valence-corrected chi connectivity index (χ4v) is 4.11. The average molecular weight is 360 g/mol. The highest BCUT2D eigenvalue weighted by Gasteiger charge is 2.23. The molecule has 0 atom stereocenters. The highest BCUT2D eigenvalue weighted by Crippen LogP contribution is 2.31. The monoisotopic (exact) mass is 360 g/mol. The molecule has 0 aromatic heterocycles. The van der Waals surface area contributed by atoms with Crippen molar-refractivity contribution in [1.29, 1.82) is 0 Å². The Labute approximate surface area is 147 Å². The maximum Gasteiger partial charge on any atom is 0.335 e. The molecule has 0 bridgehead atoms. The van der Waals surface area contributed by atoms with Crippen molar-refractivity contribution in [1.82, 2.24) is 4.72 Å². The fourth-order valence-electron chi connectivity index (χ4n) is 3.05. The van der Waals surface area contributed by atoms with Gasteiger partial charge in [-0.2, -0.15) is 0 Å². The van der Waals surface area contributed by atoms with Gasteiger partial charge in [-0.05, 0) is 41.8 Å². The highest BCUT2D eigenvalue weighted by molar-refractivity contribution is 7.89. The average Bonchev–Trinajstić information content (AvgIpc) is 2.97. The van der Waals surface area contributed by atoms with Gasteiger partial charge in [0, 0.05) is 25.3 Å². The van der Waals surface area contributed by atoms with Gasteiger partial charge in [0.15, 0.2) is 0 Å². The number of carboxylic acid groups (broad SMARTS) is 1. The molecule has 2 aromatic carbocycles. The summed E-state index contributed by atoms with van der Waals surface area (Å²) in [6.07, 6.45) is 0.843. The van der Waals surface area contributed by atoms with Crippen LogP contribution in [0.4, 0.5) is 5.69 Å². The van der Waals surface area contributed by atoms with E-state index in [1.165, 1.54) is 0 Å². The van der Waals surface area contributed by atoms with Crippen LogP contribution in [-0.4, -0.2) is 32.6 Å². The zero-order valence-electron chi connectivity index (χ0n) is 13.9. The highest BCUT2D eigenvalue weighted by atomic mass is 32.2. The molecule has 2 N–H and O–H groups in total. The molecule has 0 radical (unpaired) electrons. The van der Waals surface area contributed by atoms with Gasteiger partial charge in [-0.15, -0.1) is 0 Å². The molecule has 1 aliphatic heterocycles. The van der Waals surface area contributed by atoms with Crippen LogP contribution in [0.25, 0.3) is 0 Å². The molecule has 25 heavy (non-hydrogen) atoms. The Morgan fingerprint density at radius 3 is 2.76 bits per heavy atom. The summed E-state index contributed by atoms with van der Waals surface area (Å²) in [6, 6.07) is 12.0. The summed E-state index contributed by atoms with van der Waals surface area (Å²) in [5.41, 5.74) is 3.12.